The van der Waals surface area contributed by atoms with Crippen LogP contribution in [0.4, 0.5) is 27.7 Å². The number of fused-ring (bicyclic) bond motifs is 1. The molecule has 0 aliphatic carbocycles. The smallest absolute Gasteiger partial charge is 0.227 e. The molecule has 2 aliphatic rings. The number of piperidine rings is 1. The second-order valence-electron chi connectivity index (χ2n) is 11.4. The van der Waals surface area contributed by atoms with E-state index in [0.29, 0.717) is 48.4 Å². The van der Waals surface area contributed by atoms with Crippen LogP contribution in [-0.4, -0.2) is 75.7 Å². The van der Waals surface area contributed by atoms with Gasteiger partial charge in [-0.25, -0.2) is 14.4 Å². The minimum Gasteiger partial charge on any atom is -0.378 e. The number of rotatable bonds is 8. The van der Waals surface area contributed by atoms with Gasteiger partial charge in [0.25, 0.3) is 0 Å². The summed E-state index contributed by atoms with van der Waals surface area (Å²) in [5, 5.41) is 5.61. The number of alkyl halides is 1. The molecule has 10 heteroatoms. The number of ether oxygens (including phenoxy) is 1. The maximum Gasteiger partial charge on any atom is 0.227 e. The summed E-state index contributed by atoms with van der Waals surface area (Å²) in [6.45, 7) is 9.88. The molecule has 1 aromatic carbocycles. The number of methoxy groups -OCH3 is 1. The summed E-state index contributed by atoms with van der Waals surface area (Å²) < 4.78 is 32.2. The van der Waals surface area contributed by atoms with Crippen molar-refractivity contribution in [1.82, 2.24) is 15.0 Å². The van der Waals surface area contributed by atoms with E-state index in [1.54, 1.807) is 32.6 Å². The Balaban J connectivity index is 1.40. The van der Waals surface area contributed by atoms with Crippen LogP contribution in [0.15, 0.2) is 36.7 Å². The number of aromatic nitrogens is 3. The zero-order valence-corrected chi connectivity index (χ0v) is 24.5. The van der Waals surface area contributed by atoms with Crippen LogP contribution in [-0.2, 0) is 15.5 Å². The maximum atomic E-state index is 15.1. The molecule has 8 nitrogen and oxygen atoms in total. The summed E-state index contributed by atoms with van der Waals surface area (Å²) >= 11 is 0. The predicted octanol–water partition coefficient (Wildman–Crippen LogP) is 5.05. The van der Waals surface area contributed by atoms with Gasteiger partial charge in [-0.05, 0) is 55.3 Å². The Labute approximate surface area is 232 Å². The quantitative estimate of drug-likeness (QED) is 0.414. The van der Waals surface area contributed by atoms with Crippen LogP contribution >= 0.6 is 0 Å². The number of halogens is 1. The van der Waals surface area contributed by atoms with Crippen molar-refractivity contribution < 1.29 is 13.3 Å². The lowest BCUT2D eigenvalue weighted by Crippen LogP contribution is -2.56. The average Bonchev–Trinajstić information content (AvgIpc) is 2.89. The van der Waals surface area contributed by atoms with Gasteiger partial charge in [0, 0.05) is 78.4 Å². The molecule has 0 unspecified atom stereocenters. The third-order valence-electron chi connectivity index (χ3n) is 8.20. The van der Waals surface area contributed by atoms with Crippen molar-refractivity contribution in [2.45, 2.75) is 57.8 Å². The maximum absolute atomic E-state index is 15.1. The van der Waals surface area contributed by atoms with Gasteiger partial charge in [-0.1, -0.05) is 19.9 Å². The summed E-state index contributed by atoms with van der Waals surface area (Å²) in [5.41, 5.74) is 0.939. The van der Waals surface area contributed by atoms with Gasteiger partial charge in [-0.2, -0.15) is 4.98 Å². The molecule has 0 saturated carbocycles. The first kappa shape index (κ1) is 27.7. The third kappa shape index (κ3) is 5.59. The SMILES string of the molecule is CO[C@H]1CCN(c2nccc(Nc3cc4c(C(C)C)ccc(N5C[C@H](C[S@](C)=O)[C@H]5C)c4cn3)n2)C[C@@]1(C)F. The zero-order valence-electron chi connectivity index (χ0n) is 23.6. The molecule has 0 spiro atoms. The highest BCUT2D eigenvalue weighted by molar-refractivity contribution is 7.84. The fourth-order valence-corrected chi connectivity index (χ4v) is 6.92. The summed E-state index contributed by atoms with van der Waals surface area (Å²) in [6, 6.07) is 8.63. The molecule has 39 heavy (non-hydrogen) atoms. The highest BCUT2D eigenvalue weighted by Crippen LogP contribution is 2.39. The van der Waals surface area contributed by atoms with E-state index in [9.17, 15) is 4.21 Å². The number of anilines is 4. The van der Waals surface area contributed by atoms with Crippen LogP contribution in [0.1, 0.15) is 45.6 Å². The molecule has 210 valence electrons. The number of hydrogen-bond donors (Lipinski definition) is 1. The van der Waals surface area contributed by atoms with E-state index >= 15 is 4.39 Å². The Kier molecular flexibility index (Phi) is 7.79. The fourth-order valence-electron chi connectivity index (χ4n) is 5.93. The largest absolute Gasteiger partial charge is 0.378 e. The Morgan fingerprint density at radius 1 is 1.23 bits per heavy atom. The summed E-state index contributed by atoms with van der Waals surface area (Å²) in [7, 11) is 0.765. The molecule has 5 rings (SSSR count). The van der Waals surface area contributed by atoms with E-state index in [1.807, 2.05) is 11.1 Å². The van der Waals surface area contributed by atoms with Crippen LogP contribution in [0, 0.1) is 5.92 Å². The van der Waals surface area contributed by atoms with Crippen LogP contribution in [0.5, 0.6) is 0 Å². The molecular weight excluding hydrogens is 515 g/mol. The van der Waals surface area contributed by atoms with E-state index < -0.39 is 22.6 Å². The van der Waals surface area contributed by atoms with Gasteiger partial charge in [0.1, 0.15) is 11.6 Å². The van der Waals surface area contributed by atoms with Crippen LogP contribution in [0.2, 0.25) is 0 Å². The lowest BCUT2D eigenvalue weighted by molar-refractivity contribution is -0.0381. The molecule has 2 fully saturated rings. The van der Waals surface area contributed by atoms with Crippen molar-refractivity contribution in [2.75, 3.05) is 53.9 Å². The van der Waals surface area contributed by atoms with E-state index in [-0.39, 0.29) is 6.54 Å². The molecule has 5 atom stereocenters. The second-order valence-corrected chi connectivity index (χ2v) is 12.9. The van der Waals surface area contributed by atoms with Gasteiger partial charge >= 0.3 is 0 Å². The van der Waals surface area contributed by atoms with Crippen molar-refractivity contribution in [2.24, 2.45) is 5.92 Å². The van der Waals surface area contributed by atoms with Gasteiger partial charge in [0.05, 0.1) is 12.6 Å². The van der Waals surface area contributed by atoms with Crippen molar-refractivity contribution >= 4 is 44.8 Å². The number of hydrogen-bond acceptors (Lipinski definition) is 8. The van der Waals surface area contributed by atoms with E-state index in [1.165, 1.54) is 5.56 Å². The minimum absolute atomic E-state index is 0.174. The highest BCUT2D eigenvalue weighted by atomic mass is 32.2. The summed E-state index contributed by atoms with van der Waals surface area (Å²) in [4.78, 5) is 18.1. The number of nitrogens with one attached hydrogen (secondary N) is 1. The second kappa shape index (κ2) is 11.0. The van der Waals surface area contributed by atoms with Crippen molar-refractivity contribution in [1.29, 1.82) is 0 Å². The first-order chi connectivity index (χ1) is 18.6. The van der Waals surface area contributed by atoms with Crippen LogP contribution in [0.25, 0.3) is 10.8 Å². The molecule has 4 heterocycles. The number of nitrogens with zero attached hydrogens (tertiary/aromatic N) is 5. The highest BCUT2D eigenvalue weighted by Gasteiger charge is 2.41. The molecule has 0 radical (unpaired) electrons. The summed E-state index contributed by atoms with van der Waals surface area (Å²) in [6.07, 6.45) is 5.54. The zero-order chi connectivity index (χ0) is 27.9. The lowest BCUT2D eigenvalue weighted by atomic mass is 9.88. The molecule has 2 saturated heterocycles. The number of benzene rings is 1. The minimum atomic E-state index is -1.48. The van der Waals surface area contributed by atoms with E-state index in [4.69, 9.17) is 9.72 Å². The van der Waals surface area contributed by atoms with Gasteiger partial charge in [-0.3, -0.25) is 4.21 Å². The predicted molar refractivity (Wildman–Crippen MR) is 158 cm³/mol. The monoisotopic (exact) mass is 554 g/mol. The first-order valence-electron chi connectivity index (χ1n) is 13.6. The van der Waals surface area contributed by atoms with Gasteiger partial charge in [0.15, 0.2) is 5.67 Å². The van der Waals surface area contributed by atoms with Crippen LogP contribution in [0.3, 0.4) is 0 Å². The van der Waals surface area contributed by atoms with Crippen molar-refractivity contribution in [3.8, 4) is 0 Å². The molecule has 0 amide bonds. The first-order valence-corrected chi connectivity index (χ1v) is 15.4. The Morgan fingerprint density at radius 3 is 2.69 bits per heavy atom. The van der Waals surface area contributed by atoms with Gasteiger partial charge in [0.2, 0.25) is 5.95 Å². The number of pyridine rings is 1. The average molecular weight is 555 g/mol. The van der Waals surface area contributed by atoms with Crippen molar-refractivity contribution in [3.05, 3.63) is 42.2 Å². The van der Waals surface area contributed by atoms with E-state index in [2.05, 4.69) is 59.2 Å². The van der Waals surface area contributed by atoms with Crippen molar-refractivity contribution in [3.63, 3.8) is 0 Å². The topological polar surface area (TPSA) is 83.5 Å². The Morgan fingerprint density at radius 2 is 2.03 bits per heavy atom. The Bertz CT molecular complexity index is 1370. The lowest BCUT2D eigenvalue weighted by Gasteiger charge is -2.48. The normalized spacial score (nSPS) is 26.1. The third-order valence-corrected chi connectivity index (χ3v) is 9.09. The molecule has 3 aromatic rings. The Hall–Kier alpha value is -2.85. The molecular formula is C29H39FN6O2S. The van der Waals surface area contributed by atoms with Gasteiger partial charge < -0.3 is 19.9 Å². The molecule has 0 bridgehead atoms. The summed E-state index contributed by atoms with van der Waals surface area (Å²) in [5.74, 6) is 3.30. The molecule has 2 aromatic heterocycles. The van der Waals surface area contributed by atoms with Crippen LogP contribution < -0.4 is 15.1 Å². The molecule has 1 N–H and O–H groups in total. The standard InChI is InChI=1S/C29H39FN6O2S/c1-18(2)21-7-8-24(36-15-20(19(36)3)16-39(6)37)23-14-32-27(13-22(21)23)33-26-9-11-31-28(34-26)35-12-10-25(38-5)29(4,30)17-35/h7-9,11,13-14,18-20,25H,10,12,15-17H2,1-6H3,(H,31,32,33,34)/t19-,20-,25+,29-,39+/m1/s1. The molecule has 2 aliphatic heterocycles. The van der Waals surface area contributed by atoms with Gasteiger partial charge in [-0.15, -0.1) is 0 Å². The fraction of sp³-hybridized carbons (Fsp3) is 0.552. The van der Waals surface area contributed by atoms with E-state index in [0.717, 1.165) is 28.8 Å².